The number of aromatic nitrogens is 1. The van der Waals surface area contributed by atoms with E-state index in [1.54, 1.807) is 13.0 Å². The minimum Gasteiger partial charge on any atom is -0.508 e. The zero-order valence-corrected chi connectivity index (χ0v) is 23.7. The molecule has 0 fully saturated rings. The number of nitrogens with zero attached hydrogens (tertiary/aromatic N) is 1. The van der Waals surface area contributed by atoms with Crippen LogP contribution in [0.2, 0.25) is 0 Å². The number of ether oxygens (including phenoxy) is 1. The number of aliphatic hydroxyl groups is 1. The number of phenolic OH excluding ortho intramolecular Hbond substituents is 2. The molecule has 2 heterocycles. The first-order valence-electron chi connectivity index (χ1n) is 13.6. The molecule has 0 amide bonds. The number of phenols is 2. The number of aliphatic carboxylic acids is 1. The van der Waals surface area contributed by atoms with E-state index in [0.717, 1.165) is 12.8 Å². The maximum atomic E-state index is 12.4. The van der Waals surface area contributed by atoms with Crippen molar-refractivity contribution in [3.05, 3.63) is 70.5 Å². The zero-order valence-electron chi connectivity index (χ0n) is 23.7. The van der Waals surface area contributed by atoms with E-state index in [2.05, 4.69) is 32.9 Å². The van der Waals surface area contributed by atoms with E-state index in [-0.39, 0.29) is 34.7 Å². The zero-order chi connectivity index (χ0) is 29.4. The van der Waals surface area contributed by atoms with Gasteiger partial charge in [0.25, 0.3) is 0 Å². The molecular weight excluding hydrogens is 510 g/mol. The molecule has 40 heavy (non-hydrogen) atoms. The molecule has 0 bridgehead atoms. The van der Waals surface area contributed by atoms with Gasteiger partial charge in [0, 0.05) is 23.6 Å². The molecule has 8 heteroatoms. The number of hydrogen-bond donors (Lipinski definition) is 5. The summed E-state index contributed by atoms with van der Waals surface area (Å²) in [5, 5.41) is 53.8. The molecule has 5 N–H and O–H groups in total. The Bertz CT molecular complexity index is 1470. The van der Waals surface area contributed by atoms with Gasteiger partial charge in [-0.3, -0.25) is 4.57 Å². The van der Waals surface area contributed by atoms with Crippen LogP contribution < -0.4 is 4.74 Å². The lowest BCUT2D eigenvalue weighted by Gasteiger charge is -2.40. The Balaban J connectivity index is 1.70. The molecule has 0 radical (unpaired) electrons. The monoisotopic (exact) mass is 549 g/mol. The van der Waals surface area contributed by atoms with Crippen molar-refractivity contribution in [3.8, 4) is 23.1 Å². The van der Waals surface area contributed by atoms with Crippen LogP contribution in [-0.4, -0.2) is 47.8 Å². The number of benzene rings is 2. The van der Waals surface area contributed by atoms with Gasteiger partial charge in [-0.1, -0.05) is 29.4 Å². The molecule has 0 spiro atoms. The third-order valence-corrected chi connectivity index (χ3v) is 7.73. The summed E-state index contributed by atoms with van der Waals surface area (Å²) in [5.74, 6) is -1.50. The topological polar surface area (TPSA) is 132 Å². The Morgan fingerprint density at radius 2 is 1.82 bits per heavy atom. The average Bonchev–Trinajstić information content (AvgIpc) is 3.15. The normalized spacial score (nSPS) is 19.6. The number of aromatic hydroxyl groups is 3. The van der Waals surface area contributed by atoms with Crippen LogP contribution in [0.15, 0.2) is 53.8 Å². The van der Waals surface area contributed by atoms with Gasteiger partial charge in [0.2, 0.25) is 0 Å². The van der Waals surface area contributed by atoms with Crippen LogP contribution >= 0.6 is 0 Å². The Morgan fingerprint density at radius 3 is 2.48 bits per heavy atom. The van der Waals surface area contributed by atoms with Crippen molar-refractivity contribution in [2.45, 2.75) is 84.5 Å². The Kier molecular flexibility index (Phi) is 8.21. The molecule has 8 nitrogen and oxygen atoms in total. The highest BCUT2D eigenvalue weighted by molar-refractivity contribution is 5.96. The minimum atomic E-state index is -1.34. The van der Waals surface area contributed by atoms with Gasteiger partial charge in [-0.15, -0.1) is 0 Å². The van der Waals surface area contributed by atoms with E-state index in [4.69, 9.17) is 4.74 Å². The van der Waals surface area contributed by atoms with Crippen molar-refractivity contribution in [2.24, 2.45) is 0 Å². The Morgan fingerprint density at radius 1 is 1.10 bits per heavy atom. The predicted octanol–water partition coefficient (Wildman–Crippen LogP) is 6.27. The fourth-order valence-electron chi connectivity index (χ4n) is 5.46. The first kappa shape index (κ1) is 29.1. The van der Waals surface area contributed by atoms with E-state index < -0.39 is 23.7 Å². The fourth-order valence-corrected chi connectivity index (χ4v) is 5.46. The number of rotatable bonds is 9. The van der Waals surface area contributed by atoms with Crippen molar-refractivity contribution in [1.29, 1.82) is 0 Å². The molecule has 1 aliphatic heterocycles. The van der Waals surface area contributed by atoms with Crippen molar-refractivity contribution in [2.75, 3.05) is 0 Å². The van der Waals surface area contributed by atoms with Crippen LogP contribution in [0.3, 0.4) is 0 Å². The summed E-state index contributed by atoms with van der Waals surface area (Å²) < 4.78 is 7.61. The highest BCUT2D eigenvalue weighted by Crippen LogP contribution is 2.48. The summed E-state index contributed by atoms with van der Waals surface area (Å²) in [7, 11) is 0. The first-order valence-corrected chi connectivity index (χ1v) is 13.6. The predicted molar refractivity (Wildman–Crippen MR) is 154 cm³/mol. The first-order chi connectivity index (χ1) is 18.8. The van der Waals surface area contributed by atoms with Gasteiger partial charge in [-0.05, 0) is 89.6 Å². The van der Waals surface area contributed by atoms with Gasteiger partial charge in [0.15, 0.2) is 11.9 Å². The molecule has 4 rings (SSSR count). The van der Waals surface area contributed by atoms with Crippen molar-refractivity contribution in [3.63, 3.8) is 0 Å². The summed E-state index contributed by atoms with van der Waals surface area (Å²) in [6.07, 6.45) is 8.28. The molecule has 0 saturated heterocycles. The summed E-state index contributed by atoms with van der Waals surface area (Å²) in [6.45, 7) is 9.82. The van der Waals surface area contributed by atoms with Crippen LogP contribution in [0.5, 0.6) is 23.1 Å². The number of carboxylic acid groups (broad SMARTS) is 1. The molecule has 0 aliphatic carbocycles. The lowest BCUT2D eigenvalue weighted by Crippen LogP contribution is -2.48. The lowest BCUT2D eigenvalue weighted by atomic mass is 9.84. The highest BCUT2D eigenvalue weighted by atomic mass is 16.5. The maximum Gasteiger partial charge on any atom is 0.331 e. The second-order valence-corrected chi connectivity index (χ2v) is 11.4. The third-order valence-electron chi connectivity index (χ3n) is 7.73. The van der Waals surface area contributed by atoms with Gasteiger partial charge < -0.3 is 30.3 Å². The Labute approximate surface area is 234 Å². The summed E-state index contributed by atoms with van der Waals surface area (Å²) in [5.41, 5.74) is 2.95. The molecule has 3 atom stereocenters. The number of aryl methyl sites for hydroxylation is 1. The summed E-state index contributed by atoms with van der Waals surface area (Å²) in [4.78, 5) is 12.4. The maximum absolute atomic E-state index is 12.4. The van der Waals surface area contributed by atoms with Gasteiger partial charge in [0.05, 0.1) is 11.5 Å². The summed E-state index contributed by atoms with van der Waals surface area (Å²) in [6, 6.07) is 4.53. The van der Waals surface area contributed by atoms with E-state index in [1.165, 1.54) is 40.1 Å². The van der Waals surface area contributed by atoms with Crippen molar-refractivity contribution >= 4 is 16.7 Å². The SMILES string of the molecule is CC(C)=CCCC(C)=CCCC1(C)Oc2c(c(O)cc3c(O)n(C(C(=O)O)c4cc(C)cc(O)c4)cc23)CC1O. The minimum absolute atomic E-state index is 0.0817. The fraction of sp³-hybridized carbons (Fsp3) is 0.406. The van der Waals surface area contributed by atoms with Crippen LogP contribution in [0, 0.1) is 6.92 Å². The second kappa shape index (κ2) is 11.3. The van der Waals surface area contributed by atoms with Gasteiger partial charge >= 0.3 is 5.97 Å². The summed E-state index contributed by atoms with van der Waals surface area (Å²) >= 11 is 0. The number of carboxylic acids is 1. The molecule has 1 aromatic heterocycles. The lowest BCUT2D eigenvalue weighted by molar-refractivity contribution is -0.139. The standard InChI is InChI=1S/C32H39NO7/c1-18(2)8-6-9-19(3)10-7-11-32(5)27(36)16-24-26(35)15-23-25(29(24)40-32)17-33(30(23)37)28(31(38)39)21-12-20(4)13-22(34)14-21/h8,10,12-15,17,27-28,34-37H,6-7,9,11,16H2,1-5H3,(H,38,39). The number of fused-ring (bicyclic) bond motifs is 3. The largest absolute Gasteiger partial charge is 0.508 e. The van der Waals surface area contributed by atoms with Crippen LogP contribution in [0.4, 0.5) is 0 Å². The van der Waals surface area contributed by atoms with Crippen LogP contribution in [0.25, 0.3) is 10.8 Å². The number of hydrogen-bond acceptors (Lipinski definition) is 6. The Hall–Kier alpha value is -3.91. The van der Waals surface area contributed by atoms with Gasteiger partial charge in [-0.25, -0.2) is 4.79 Å². The molecule has 3 aromatic rings. The van der Waals surface area contributed by atoms with E-state index in [0.29, 0.717) is 35.1 Å². The molecule has 1 aliphatic rings. The molecule has 214 valence electrons. The van der Waals surface area contributed by atoms with E-state index >= 15 is 0 Å². The quantitative estimate of drug-likeness (QED) is 0.199. The molecule has 2 aromatic carbocycles. The number of allylic oxidation sites excluding steroid dienone is 4. The average molecular weight is 550 g/mol. The van der Waals surface area contributed by atoms with E-state index in [1.807, 2.05) is 6.92 Å². The molecule has 0 saturated carbocycles. The van der Waals surface area contributed by atoms with Crippen LogP contribution in [0.1, 0.15) is 76.1 Å². The smallest absolute Gasteiger partial charge is 0.331 e. The van der Waals surface area contributed by atoms with E-state index in [9.17, 15) is 30.3 Å². The molecular formula is C32H39NO7. The van der Waals surface area contributed by atoms with Crippen molar-refractivity contribution in [1.82, 2.24) is 4.57 Å². The third kappa shape index (κ3) is 5.82. The molecule has 3 unspecified atom stereocenters. The van der Waals surface area contributed by atoms with Gasteiger partial charge in [-0.2, -0.15) is 0 Å². The van der Waals surface area contributed by atoms with Gasteiger partial charge in [0.1, 0.15) is 22.8 Å². The van der Waals surface area contributed by atoms with Crippen molar-refractivity contribution < 1.29 is 35.1 Å². The highest BCUT2D eigenvalue weighted by Gasteiger charge is 2.42. The number of carbonyl (C=O) groups is 1. The van der Waals surface area contributed by atoms with Crippen LogP contribution in [-0.2, 0) is 11.2 Å². The second-order valence-electron chi connectivity index (χ2n) is 11.4. The number of aliphatic hydroxyl groups excluding tert-OH is 1.